The molecule has 2 fully saturated rings. The second-order valence-electron chi connectivity index (χ2n) is 5.81. The van der Waals surface area contributed by atoms with Gasteiger partial charge >= 0.3 is 6.01 Å². The summed E-state index contributed by atoms with van der Waals surface area (Å²) in [5.74, 6) is 3.28. The van der Waals surface area contributed by atoms with Crippen molar-refractivity contribution in [2.75, 3.05) is 11.9 Å². The summed E-state index contributed by atoms with van der Waals surface area (Å²) < 4.78 is 5.52. The highest BCUT2D eigenvalue weighted by molar-refractivity contribution is 5.20. The molecule has 0 aromatic carbocycles. The molecule has 0 spiro atoms. The predicted octanol–water partition coefficient (Wildman–Crippen LogP) is 1.81. The van der Waals surface area contributed by atoms with E-state index >= 15 is 0 Å². The van der Waals surface area contributed by atoms with Crippen LogP contribution >= 0.6 is 0 Å². The lowest BCUT2D eigenvalue weighted by Gasteiger charge is -2.27. The van der Waals surface area contributed by atoms with Crippen molar-refractivity contribution in [1.29, 1.82) is 0 Å². The van der Waals surface area contributed by atoms with Crippen LogP contribution in [-0.4, -0.2) is 22.8 Å². The highest BCUT2D eigenvalue weighted by Gasteiger charge is 2.42. The molecule has 2 saturated carbocycles. The van der Waals surface area contributed by atoms with Crippen LogP contribution in [0.1, 0.15) is 38.5 Å². The lowest BCUT2D eigenvalue weighted by atomic mass is 9.84. The van der Waals surface area contributed by atoms with Gasteiger partial charge in [0.2, 0.25) is 5.89 Å². The average Bonchev–Trinajstić information content (AvgIpc) is 3.05. The van der Waals surface area contributed by atoms with E-state index in [9.17, 15) is 0 Å². The van der Waals surface area contributed by atoms with E-state index in [2.05, 4.69) is 22.4 Å². The molecular formula is C13H22N4O. The van der Waals surface area contributed by atoms with Gasteiger partial charge in [0, 0.05) is 19.0 Å². The molecule has 2 bridgehead atoms. The van der Waals surface area contributed by atoms with E-state index in [1.54, 1.807) is 0 Å². The average molecular weight is 250 g/mol. The summed E-state index contributed by atoms with van der Waals surface area (Å²) in [6, 6.07) is 0.972. The minimum Gasteiger partial charge on any atom is -0.408 e. The fourth-order valence-electron chi connectivity index (χ4n) is 3.74. The Hall–Kier alpha value is -1.10. The van der Waals surface area contributed by atoms with E-state index in [4.69, 9.17) is 10.2 Å². The van der Waals surface area contributed by atoms with Gasteiger partial charge in [-0.25, -0.2) is 0 Å². The highest BCUT2D eigenvalue weighted by Crippen LogP contribution is 2.49. The number of aromatic nitrogens is 2. The van der Waals surface area contributed by atoms with Gasteiger partial charge in [-0.2, -0.15) is 0 Å². The lowest BCUT2D eigenvalue weighted by Crippen LogP contribution is -2.30. The summed E-state index contributed by atoms with van der Waals surface area (Å²) in [7, 11) is 0. The fourth-order valence-corrected chi connectivity index (χ4v) is 3.74. The van der Waals surface area contributed by atoms with Crippen LogP contribution in [0.15, 0.2) is 4.42 Å². The Kier molecular flexibility index (Phi) is 3.24. The van der Waals surface area contributed by atoms with Crippen molar-refractivity contribution >= 4 is 6.01 Å². The van der Waals surface area contributed by atoms with Crippen LogP contribution in [0, 0.1) is 17.8 Å². The van der Waals surface area contributed by atoms with E-state index in [1.165, 1.54) is 25.7 Å². The molecule has 1 heterocycles. The molecule has 3 rings (SSSR count). The first kappa shape index (κ1) is 12.0. The van der Waals surface area contributed by atoms with Gasteiger partial charge in [0.15, 0.2) is 0 Å². The molecule has 18 heavy (non-hydrogen) atoms. The third-order valence-electron chi connectivity index (χ3n) is 4.61. The molecule has 1 aromatic heterocycles. The topological polar surface area (TPSA) is 77.0 Å². The molecule has 2 aliphatic carbocycles. The molecule has 4 unspecified atom stereocenters. The zero-order valence-corrected chi connectivity index (χ0v) is 10.9. The van der Waals surface area contributed by atoms with Crippen molar-refractivity contribution in [1.82, 2.24) is 10.2 Å². The van der Waals surface area contributed by atoms with Gasteiger partial charge in [0.25, 0.3) is 0 Å². The molecule has 0 saturated heterocycles. The first-order valence-corrected chi connectivity index (χ1v) is 7.05. The third kappa shape index (κ3) is 2.23. The monoisotopic (exact) mass is 250 g/mol. The normalized spacial score (nSPS) is 31.8. The summed E-state index contributed by atoms with van der Waals surface area (Å²) in [5.41, 5.74) is 5.46. The molecule has 2 aliphatic rings. The smallest absolute Gasteiger partial charge is 0.315 e. The molecular weight excluding hydrogens is 228 g/mol. The summed E-state index contributed by atoms with van der Waals surface area (Å²) in [4.78, 5) is 0. The minimum atomic E-state index is 0.423. The number of fused-ring (bicyclic) bond motifs is 2. The standard InChI is InChI=1S/C13H22N4O/c1-8(11-7-9-2-3-10(11)6-9)15-13-17-16-12(18-13)4-5-14/h8-11H,2-7,14H2,1H3,(H,15,17). The van der Waals surface area contributed by atoms with Gasteiger partial charge in [0.1, 0.15) is 0 Å². The van der Waals surface area contributed by atoms with Crippen molar-refractivity contribution in [3.05, 3.63) is 5.89 Å². The number of hydrogen-bond donors (Lipinski definition) is 2. The number of rotatable bonds is 5. The zero-order chi connectivity index (χ0) is 12.5. The Balaban J connectivity index is 1.58. The van der Waals surface area contributed by atoms with Gasteiger partial charge in [-0.15, -0.1) is 5.10 Å². The lowest BCUT2D eigenvalue weighted by molar-refractivity contribution is 0.300. The molecule has 5 heteroatoms. The first-order valence-electron chi connectivity index (χ1n) is 7.05. The van der Waals surface area contributed by atoms with Gasteiger partial charge in [0.05, 0.1) is 0 Å². The van der Waals surface area contributed by atoms with Crippen molar-refractivity contribution in [2.45, 2.75) is 45.1 Å². The molecule has 3 N–H and O–H groups in total. The van der Waals surface area contributed by atoms with Gasteiger partial charge < -0.3 is 15.5 Å². The van der Waals surface area contributed by atoms with Crippen LogP contribution in [0.5, 0.6) is 0 Å². The van der Waals surface area contributed by atoms with Crippen molar-refractivity contribution in [3.8, 4) is 0 Å². The Bertz CT molecular complexity index is 405. The van der Waals surface area contributed by atoms with Crippen LogP contribution in [0.3, 0.4) is 0 Å². The summed E-state index contributed by atoms with van der Waals surface area (Å²) in [6.07, 6.45) is 6.29. The maximum absolute atomic E-state index is 5.52. The fraction of sp³-hybridized carbons (Fsp3) is 0.846. The van der Waals surface area contributed by atoms with Crippen LogP contribution < -0.4 is 11.1 Å². The molecule has 100 valence electrons. The van der Waals surface area contributed by atoms with E-state index in [0.717, 1.165) is 17.8 Å². The van der Waals surface area contributed by atoms with Crippen LogP contribution in [0.2, 0.25) is 0 Å². The highest BCUT2D eigenvalue weighted by atomic mass is 16.4. The minimum absolute atomic E-state index is 0.423. The number of hydrogen-bond acceptors (Lipinski definition) is 5. The Morgan fingerprint density at radius 2 is 2.28 bits per heavy atom. The van der Waals surface area contributed by atoms with Crippen molar-refractivity contribution in [3.63, 3.8) is 0 Å². The number of nitrogens with one attached hydrogen (secondary N) is 1. The van der Waals surface area contributed by atoms with Crippen molar-refractivity contribution < 1.29 is 4.42 Å². The summed E-state index contributed by atoms with van der Waals surface area (Å²) >= 11 is 0. The second kappa shape index (κ2) is 4.88. The predicted molar refractivity (Wildman–Crippen MR) is 69.1 cm³/mol. The Morgan fingerprint density at radius 1 is 1.39 bits per heavy atom. The maximum Gasteiger partial charge on any atom is 0.315 e. The Labute approximate surface area is 108 Å². The van der Waals surface area contributed by atoms with E-state index in [0.29, 0.717) is 30.9 Å². The zero-order valence-electron chi connectivity index (χ0n) is 10.9. The number of nitrogens with zero attached hydrogens (tertiary/aromatic N) is 2. The molecule has 4 atom stereocenters. The van der Waals surface area contributed by atoms with Crippen LogP contribution in [-0.2, 0) is 6.42 Å². The van der Waals surface area contributed by atoms with Crippen LogP contribution in [0.4, 0.5) is 6.01 Å². The van der Waals surface area contributed by atoms with Crippen molar-refractivity contribution in [2.24, 2.45) is 23.5 Å². The first-order chi connectivity index (χ1) is 8.76. The van der Waals surface area contributed by atoms with E-state index in [-0.39, 0.29) is 0 Å². The third-order valence-corrected chi connectivity index (χ3v) is 4.61. The molecule has 0 aliphatic heterocycles. The number of nitrogens with two attached hydrogens (primary N) is 1. The maximum atomic E-state index is 5.52. The molecule has 5 nitrogen and oxygen atoms in total. The van der Waals surface area contributed by atoms with Gasteiger partial charge in [-0.05, 0) is 43.9 Å². The largest absolute Gasteiger partial charge is 0.408 e. The van der Waals surface area contributed by atoms with Gasteiger partial charge in [-0.3, -0.25) is 0 Å². The molecule has 0 amide bonds. The second-order valence-corrected chi connectivity index (χ2v) is 5.81. The quantitative estimate of drug-likeness (QED) is 0.833. The summed E-state index contributed by atoms with van der Waals surface area (Å²) in [6.45, 7) is 2.78. The van der Waals surface area contributed by atoms with Gasteiger partial charge in [-0.1, -0.05) is 11.5 Å². The Morgan fingerprint density at radius 3 is 2.94 bits per heavy atom. The number of anilines is 1. The molecule has 1 aromatic rings. The summed E-state index contributed by atoms with van der Waals surface area (Å²) in [5, 5.41) is 11.4. The van der Waals surface area contributed by atoms with Crippen LogP contribution in [0.25, 0.3) is 0 Å². The van der Waals surface area contributed by atoms with E-state index in [1.807, 2.05) is 0 Å². The SMILES string of the molecule is CC(Nc1nnc(CCN)o1)C1CC2CCC1C2. The van der Waals surface area contributed by atoms with E-state index < -0.39 is 0 Å². The molecule has 0 radical (unpaired) electrons.